The van der Waals surface area contributed by atoms with Crippen molar-refractivity contribution in [2.45, 2.75) is 44.0 Å². The third-order valence-corrected chi connectivity index (χ3v) is 6.85. The summed E-state index contributed by atoms with van der Waals surface area (Å²) < 4.78 is 17.5. The normalized spacial score (nSPS) is 24.1. The van der Waals surface area contributed by atoms with Gasteiger partial charge in [-0.15, -0.1) is 0 Å². The number of hydrogen-bond donors (Lipinski definition) is 2. The van der Waals surface area contributed by atoms with Gasteiger partial charge in [0.25, 0.3) is 5.91 Å². The van der Waals surface area contributed by atoms with Crippen LogP contribution in [0.1, 0.15) is 42.1 Å². The van der Waals surface area contributed by atoms with Crippen LogP contribution >= 0.6 is 0 Å². The lowest BCUT2D eigenvalue weighted by molar-refractivity contribution is -0.0452. The van der Waals surface area contributed by atoms with E-state index in [0.29, 0.717) is 18.8 Å². The number of hydrogen-bond acceptors (Lipinski definition) is 6. The molecule has 3 heterocycles. The molecular weight excluding hydrogens is 406 g/mol. The Morgan fingerprint density at radius 2 is 1.91 bits per heavy atom. The van der Waals surface area contributed by atoms with Crippen molar-refractivity contribution in [3.8, 4) is 11.5 Å². The Labute approximate surface area is 189 Å². The number of amides is 1. The maximum atomic E-state index is 12.7. The van der Waals surface area contributed by atoms with E-state index in [-0.39, 0.29) is 11.5 Å². The molecule has 0 saturated carbocycles. The summed E-state index contributed by atoms with van der Waals surface area (Å²) in [5.41, 5.74) is 2.08. The van der Waals surface area contributed by atoms with Gasteiger partial charge >= 0.3 is 0 Å². The molecular formula is C25H31N3O4. The lowest BCUT2D eigenvalue weighted by Gasteiger charge is -2.41. The van der Waals surface area contributed by atoms with Crippen LogP contribution in [0.5, 0.6) is 11.5 Å². The number of fused-ring (bicyclic) bond motifs is 1. The molecule has 7 heteroatoms. The highest BCUT2D eigenvalue weighted by Crippen LogP contribution is 2.43. The lowest BCUT2D eigenvalue weighted by atomic mass is 9.84. The summed E-state index contributed by atoms with van der Waals surface area (Å²) >= 11 is 0. The van der Waals surface area contributed by atoms with Gasteiger partial charge in [-0.05, 0) is 49.6 Å². The minimum atomic E-state index is -0.518. The van der Waals surface area contributed by atoms with Crippen molar-refractivity contribution >= 4 is 11.6 Å². The zero-order valence-electron chi connectivity index (χ0n) is 18.8. The fourth-order valence-corrected chi connectivity index (χ4v) is 5.24. The van der Waals surface area contributed by atoms with Gasteiger partial charge in [-0.2, -0.15) is 0 Å². The number of anilines is 1. The third-order valence-electron chi connectivity index (χ3n) is 6.85. The molecule has 170 valence electrons. The molecule has 0 radical (unpaired) electrons. The van der Waals surface area contributed by atoms with Crippen molar-refractivity contribution < 1.29 is 19.0 Å². The molecule has 1 amide bonds. The van der Waals surface area contributed by atoms with Crippen LogP contribution in [-0.4, -0.2) is 55.5 Å². The van der Waals surface area contributed by atoms with E-state index in [1.54, 1.807) is 7.11 Å². The second-order valence-electron chi connectivity index (χ2n) is 9.05. The van der Waals surface area contributed by atoms with E-state index < -0.39 is 5.66 Å². The van der Waals surface area contributed by atoms with Crippen LogP contribution in [0, 0.1) is 0 Å². The molecule has 5 rings (SSSR count). The number of piperidine rings is 1. The minimum absolute atomic E-state index is 0.0260. The summed E-state index contributed by atoms with van der Waals surface area (Å²) in [6.07, 6.45) is 2.68. The molecule has 2 aromatic carbocycles. The maximum Gasteiger partial charge on any atom is 0.255 e. The largest absolute Gasteiger partial charge is 0.493 e. The number of para-hydroxylation sites is 1. The van der Waals surface area contributed by atoms with Gasteiger partial charge in [0.1, 0.15) is 5.66 Å². The first-order valence-corrected chi connectivity index (χ1v) is 11.4. The SMILES string of the molecule is CCOc1ccc(CN2CCC3(CC2)C[C@@]2(CO3)NC(=O)c3ccccc3N2)cc1OC. The number of benzene rings is 2. The Kier molecular flexibility index (Phi) is 5.47. The maximum absolute atomic E-state index is 12.7. The van der Waals surface area contributed by atoms with Crippen LogP contribution in [0.4, 0.5) is 5.69 Å². The van der Waals surface area contributed by atoms with Crippen molar-refractivity contribution in [2.75, 3.05) is 38.7 Å². The Hall–Kier alpha value is -2.77. The van der Waals surface area contributed by atoms with Gasteiger partial charge in [0.05, 0.1) is 31.5 Å². The monoisotopic (exact) mass is 437 g/mol. The first-order valence-electron chi connectivity index (χ1n) is 11.4. The second kappa shape index (κ2) is 8.30. The number of nitrogens with zero attached hydrogens (tertiary/aromatic N) is 1. The molecule has 0 bridgehead atoms. The van der Waals surface area contributed by atoms with Crippen molar-refractivity contribution in [3.63, 3.8) is 0 Å². The third kappa shape index (κ3) is 3.91. The topological polar surface area (TPSA) is 72.1 Å². The minimum Gasteiger partial charge on any atom is -0.493 e. The van der Waals surface area contributed by atoms with E-state index in [2.05, 4.69) is 27.7 Å². The van der Waals surface area contributed by atoms with E-state index in [1.165, 1.54) is 5.56 Å². The predicted octanol–water partition coefficient (Wildman–Crippen LogP) is 3.40. The average molecular weight is 438 g/mol. The number of rotatable bonds is 5. The van der Waals surface area contributed by atoms with Crippen molar-refractivity contribution in [1.82, 2.24) is 10.2 Å². The quantitative estimate of drug-likeness (QED) is 0.747. The smallest absolute Gasteiger partial charge is 0.255 e. The number of ether oxygens (including phenoxy) is 3. The van der Waals surface area contributed by atoms with Crippen molar-refractivity contribution in [2.24, 2.45) is 0 Å². The molecule has 1 atom stereocenters. The summed E-state index contributed by atoms with van der Waals surface area (Å²) in [7, 11) is 1.68. The van der Waals surface area contributed by atoms with E-state index in [9.17, 15) is 4.79 Å². The summed E-state index contributed by atoms with van der Waals surface area (Å²) in [4.78, 5) is 15.1. The zero-order valence-corrected chi connectivity index (χ0v) is 18.8. The first-order chi connectivity index (χ1) is 15.5. The molecule has 0 unspecified atom stereocenters. The highest BCUT2D eigenvalue weighted by atomic mass is 16.5. The summed E-state index contributed by atoms with van der Waals surface area (Å²) in [5.74, 6) is 1.53. The molecule has 2 saturated heterocycles. The zero-order chi connectivity index (χ0) is 22.2. The van der Waals surface area contributed by atoms with Crippen LogP contribution in [0.3, 0.4) is 0 Å². The molecule has 2 fully saturated rings. The molecule has 0 aliphatic carbocycles. The highest BCUT2D eigenvalue weighted by Gasteiger charge is 2.53. The average Bonchev–Trinajstić information content (AvgIpc) is 3.13. The van der Waals surface area contributed by atoms with Gasteiger partial charge in [-0.25, -0.2) is 0 Å². The second-order valence-corrected chi connectivity index (χ2v) is 9.05. The molecule has 2 aromatic rings. The Balaban J connectivity index is 1.22. The number of methoxy groups -OCH3 is 1. The van der Waals surface area contributed by atoms with E-state index in [4.69, 9.17) is 14.2 Å². The number of nitrogens with one attached hydrogen (secondary N) is 2. The molecule has 0 aromatic heterocycles. The van der Waals surface area contributed by atoms with Gasteiger partial charge in [0.2, 0.25) is 0 Å². The first kappa shape index (κ1) is 21.1. The number of carbonyl (C=O) groups excluding carboxylic acids is 1. The summed E-state index contributed by atoms with van der Waals surface area (Å²) in [5, 5.41) is 6.74. The molecule has 2 spiro atoms. The van der Waals surface area contributed by atoms with Crippen LogP contribution < -0.4 is 20.1 Å². The Morgan fingerprint density at radius 1 is 1.09 bits per heavy atom. The van der Waals surface area contributed by atoms with Crippen LogP contribution in [0.2, 0.25) is 0 Å². The van der Waals surface area contributed by atoms with Gasteiger partial charge in [-0.3, -0.25) is 9.69 Å². The predicted molar refractivity (Wildman–Crippen MR) is 122 cm³/mol. The number of carbonyl (C=O) groups is 1. The van der Waals surface area contributed by atoms with Crippen LogP contribution in [0.25, 0.3) is 0 Å². The van der Waals surface area contributed by atoms with E-state index in [1.807, 2.05) is 37.3 Å². The fraction of sp³-hybridized carbons (Fsp3) is 0.480. The Morgan fingerprint density at radius 3 is 2.69 bits per heavy atom. The molecule has 3 aliphatic rings. The van der Waals surface area contributed by atoms with Crippen LogP contribution in [0.15, 0.2) is 42.5 Å². The molecule has 2 N–H and O–H groups in total. The standard InChI is InChI=1S/C25H31N3O4/c1-3-31-21-9-8-18(14-22(21)30-2)15-28-12-10-24(11-13-28)16-25(17-32-24)26-20-7-5-4-6-19(20)23(29)27-25/h4-9,14,26H,3,10-13,15-17H2,1-2H3,(H,27,29)/t25-/m0/s1. The number of likely N-dealkylation sites (tertiary alicyclic amines) is 1. The highest BCUT2D eigenvalue weighted by molar-refractivity contribution is 6.02. The summed E-state index contributed by atoms with van der Waals surface area (Å²) in [6.45, 7) is 5.85. The van der Waals surface area contributed by atoms with Crippen molar-refractivity contribution in [3.05, 3.63) is 53.6 Å². The molecule has 7 nitrogen and oxygen atoms in total. The van der Waals surface area contributed by atoms with E-state index >= 15 is 0 Å². The van der Waals surface area contributed by atoms with Gasteiger partial charge < -0.3 is 24.8 Å². The van der Waals surface area contributed by atoms with Crippen LogP contribution in [-0.2, 0) is 11.3 Å². The van der Waals surface area contributed by atoms with E-state index in [0.717, 1.165) is 56.1 Å². The van der Waals surface area contributed by atoms with Gasteiger partial charge in [-0.1, -0.05) is 18.2 Å². The fourth-order valence-electron chi connectivity index (χ4n) is 5.24. The lowest BCUT2D eigenvalue weighted by Crippen LogP contribution is -2.59. The van der Waals surface area contributed by atoms with Crippen molar-refractivity contribution in [1.29, 1.82) is 0 Å². The Bertz CT molecular complexity index is 1000. The summed E-state index contributed by atoms with van der Waals surface area (Å²) in [6, 6.07) is 13.8. The van der Waals surface area contributed by atoms with Gasteiger partial charge in [0, 0.05) is 31.7 Å². The van der Waals surface area contributed by atoms with Gasteiger partial charge in [0.15, 0.2) is 11.5 Å². The molecule has 32 heavy (non-hydrogen) atoms. The molecule has 3 aliphatic heterocycles.